The number of rotatable bonds is 6. The average Bonchev–Trinajstić information content (AvgIpc) is 3.02. The molecule has 122 valence electrons. The van der Waals surface area contributed by atoms with Gasteiger partial charge in [0.05, 0.1) is 6.61 Å². The van der Waals surface area contributed by atoms with Crippen molar-refractivity contribution in [2.75, 3.05) is 46.2 Å². The first kappa shape index (κ1) is 17.1. The molecule has 2 rings (SSSR count). The van der Waals surface area contributed by atoms with Crippen molar-refractivity contribution in [2.24, 2.45) is 10.9 Å². The molecule has 0 radical (unpaired) electrons. The summed E-state index contributed by atoms with van der Waals surface area (Å²) >= 11 is 1.70. The molecule has 1 atom stereocenters. The van der Waals surface area contributed by atoms with Gasteiger partial charge < -0.3 is 15.0 Å². The molecule has 6 heteroatoms. The first-order valence-electron chi connectivity index (χ1n) is 7.57. The summed E-state index contributed by atoms with van der Waals surface area (Å²) in [5.74, 6) is 2.22. The Morgan fingerprint density at radius 2 is 2.23 bits per heavy atom. The summed E-state index contributed by atoms with van der Waals surface area (Å²) in [6.45, 7) is 3.51. The quantitative estimate of drug-likeness (QED) is 0.377. The van der Waals surface area contributed by atoms with E-state index in [9.17, 15) is 4.39 Å². The molecule has 4 nitrogen and oxygen atoms in total. The molecule has 1 aliphatic rings. The van der Waals surface area contributed by atoms with Crippen molar-refractivity contribution >= 4 is 17.7 Å². The Hall–Kier alpha value is -1.27. The molecule has 1 N–H and O–H groups in total. The van der Waals surface area contributed by atoms with Gasteiger partial charge in [0.2, 0.25) is 0 Å². The molecule has 0 saturated carbocycles. The SMILES string of the molecule is CN=C(NCCSc1ccc(F)cc1)N(C)CC1CCOC1. The zero-order valence-corrected chi connectivity index (χ0v) is 14.0. The first-order valence-corrected chi connectivity index (χ1v) is 8.55. The van der Waals surface area contributed by atoms with Gasteiger partial charge in [0.1, 0.15) is 5.82 Å². The highest BCUT2D eigenvalue weighted by Gasteiger charge is 2.18. The fourth-order valence-electron chi connectivity index (χ4n) is 2.45. The third-order valence-electron chi connectivity index (χ3n) is 3.60. The predicted molar refractivity (Wildman–Crippen MR) is 90.0 cm³/mol. The van der Waals surface area contributed by atoms with E-state index in [1.165, 1.54) is 12.1 Å². The predicted octanol–water partition coefficient (Wildman–Crippen LogP) is 2.46. The molecule has 1 saturated heterocycles. The highest BCUT2D eigenvalue weighted by atomic mass is 32.2. The fraction of sp³-hybridized carbons (Fsp3) is 0.562. The lowest BCUT2D eigenvalue weighted by Crippen LogP contribution is -2.42. The van der Waals surface area contributed by atoms with E-state index in [-0.39, 0.29) is 5.82 Å². The lowest BCUT2D eigenvalue weighted by atomic mass is 10.1. The lowest BCUT2D eigenvalue weighted by Gasteiger charge is -2.24. The molecular weight excluding hydrogens is 301 g/mol. The molecule has 0 aliphatic carbocycles. The number of hydrogen-bond acceptors (Lipinski definition) is 3. The Labute approximate surface area is 136 Å². The number of thioether (sulfide) groups is 1. The highest BCUT2D eigenvalue weighted by Crippen LogP contribution is 2.17. The van der Waals surface area contributed by atoms with E-state index in [2.05, 4.69) is 22.3 Å². The molecule has 0 bridgehead atoms. The zero-order valence-electron chi connectivity index (χ0n) is 13.2. The van der Waals surface area contributed by atoms with Gasteiger partial charge >= 0.3 is 0 Å². The number of hydrogen-bond donors (Lipinski definition) is 1. The second-order valence-electron chi connectivity index (χ2n) is 5.39. The second kappa shape index (κ2) is 9.00. The first-order chi connectivity index (χ1) is 10.7. The van der Waals surface area contributed by atoms with Gasteiger partial charge in [0, 0.05) is 50.4 Å². The van der Waals surface area contributed by atoms with Crippen LogP contribution in [0, 0.1) is 11.7 Å². The molecule has 0 aromatic heterocycles. The van der Waals surface area contributed by atoms with E-state index < -0.39 is 0 Å². The second-order valence-corrected chi connectivity index (χ2v) is 6.55. The summed E-state index contributed by atoms with van der Waals surface area (Å²) in [5.41, 5.74) is 0. The summed E-state index contributed by atoms with van der Waals surface area (Å²) in [4.78, 5) is 7.55. The van der Waals surface area contributed by atoms with E-state index in [1.807, 2.05) is 0 Å². The van der Waals surface area contributed by atoms with Gasteiger partial charge in [-0.1, -0.05) is 0 Å². The van der Waals surface area contributed by atoms with Crippen molar-refractivity contribution < 1.29 is 9.13 Å². The van der Waals surface area contributed by atoms with Gasteiger partial charge in [0.15, 0.2) is 5.96 Å². The lowest BCUT2D eigenvalue weighted by molar-refractivity contribution is 0.181. The molecular formula is C16H24FN3OS. The highest BCUT2D eigenvalue weighted by molar-refractivity contribution is 7.99. The summed E-state index contributed by atoms with van der Waals surface area (Å²) in [6, 6.07) is 6.60. The normalized spacial score (nSPS) is 18.5. The Morgan fingerprint density at radius 1 is 1.45 bits per heavy atom. The average molecular weight is 325 g/mol. The topological polar surface area (TPSA) is 36.9 Å². The zero-order chi connectivity index (χ0) is 15.8. The molecule has 1 aliphatic heterocycles. The monoisotopic (exact) mass is 325 g/mol. The van der Waals surface area contributed by atoms with Crippen LogP contribution in [0.15, 0.2) is 34.2 Å². The van der Waals surface area contributed by atoms with Crippen molar-refractivity contribution in [3.63, 3.8) is 0 Å². The third-order valence-corrected chi connectivity index (χ3v) is 4.61. The van der Waals surface area contributed by atoms with Crippen LogP contribution in [0.2, 0.25) is 0 Å². The van der Waals surface area contributed by atoms with Crippen LogP contribution >= 0.6 is 11.8 Å². The maximum absolute atomic E-state index is 12.8. The summed E-state index contributed by atoms with van der Waals surface area (Å²) in [5, 5.41) is 3.36. The van der Waals surface area contributed by atoms with Crippen LogP contribution in [-0.4, -0.2) is 57.0 Å². The van der Waals surface area contributed by atoms with E-state index >= 15 is 0 Å². The minimum absolute atomic E-state index is 0.194. The van der Waals surface area contributed by atoms with Crippen LogP contribution in [0.5, 0.6) is 0 Å². The standard InChI is InChI=1S/C16H24FN3OS/c1-18-16(20(2)11-13-7-9-21-12-13)19-8-10-22-15-5-3-14(17)4-6-15/h3-6,13H,7-12H2,1-2H3,(H,18,19). The maximum Gasteiger partial charge on any atom is 0.193 e. The number of ether oxygens (including phenoxy) is 1. The molecule has 22 heavy (non-hydrogen) atoms. The van der Waals surface area contributed by atoms with Crippen molar-refractivity contribution in [1.29, 1.82) is 0 Å². The van der Waals surface area contributed by atoms with Crippen LogP contribution in [0.3, 0.4) is 0 Å². The van der Waals surface area contributed by atoms with Crippen LogP contribution in [0.25, 0.3) is 0 Å². The van der Waals surface area contributed by atoms with Gasteiger partial charge in [-0.15, -0.1) is 11.8 Å². The van der Waals surface area contributed by atoms with Crippen molar-refractivity contribution in [2.45, 2.75) is 11.3 Å². The number of guanidine groups is 1. The van der Waals surface area contributed by atoms with Gasteiger partial charge in [-0.2, -0.15) is 0 Å². The smallest absolute Gasteiger partial charge is 0.193 e. The van der Waals surface area contributed by atoms with E-state index in [4.69, 9.17) is 4.74 Å². The largest absolute Gasteiger partial charge is 0.381 e. The van der Waals surface area contributed by atoms with E-state index in [0.717, 1.165) is 49.3 Å². The van der Waals surface area contributed by atoms with Crippen LogP contribution in [0.1, 0.15) is 6.42 Å². The minimum atomic E-state index is -0.194. The van der Waals surface area contributed by atoms with Crippen molar-refractivity contribution in [3.8, 4) is 0 Å². The van der Waals surface area contributed by atoms with Gasteiger partial charge in [-0.05, 0) is 30.7 Å². The van der Waals surface area contributed by atoms with Gasteiger partial charge in [-0.25, -0.2) is 4.39 Å². The molecule has 0 amide bonds. The summed E-state index contributed by atoms with van der Waals surface area (Å²) in [6.07, 6.45) is 1.13. The molecule has 1 aromatic carbocycles. The molecule has 0 spiro atoms. The van der Waals surface area contributed by atoms with Gasteiger partial charge in [-0.3, -0.25) is 4.99 Å². The van der Waals surface area contributed by atoms with Crippen LogP contribution < -0.4 is 5.32 Å². The molecule has 1 unspecified atom stereocenters. The summed E-state index contributed by atoms with van der Waals surface area (Å²) < 4.78 is 18.2. The number of aliphatic imine (C=N–C) groups is 1. The minimum Gasteiger partial charge on any atom is -0.381 e. The number of benzene rings is 1. The Bertz CT molecular complexity index is 475. The summed E-state index contributed by atoms with van der Waals surface area (Å²) in [7, 11) is 3.86. The van der Waals surface area contributed by atoms with Crippen LogP contribution in [0.4, 0.5) is 4.39 Å². The number of nitrogens with zero attached hydrogens (tertiary/aromatic N) is 2. The van der Waals surface area contributed by atoms with Crippen LogP contribution in [-0.2, 0) is 4.74 Å². The number of halogens is 1. The molecule has 1 fully saturated rings. The van der Waals surface area contributed by atoms with Gasteiger partial charge in [0.25, 0.3) is 0 Å². The third kappa shape index (κ3) is 5.50. The molecule has 1 heterocycles. The van der Waals surface area contributed by atoms with Crippen molar-refractivity contribution in [1.82, 2.24) is 10.2 Å². The molecule has 1 aromatic rings. The Kier molecular flexibility index (Phi) is 6.99. The van der Waals surface area contributed by atoms with E-state index in [1.54, 1.807) is 30.9 Å². The number of nitrogens with one attached hydrogen (secondary N) is 1. The Morgan fingerprint density at radius 3 is 2.86 bits per heavy atom. The van der Waals surface area contributed by atoms with Crippen molar-refractivity contribution in [3.05, 3.63) is 30.1 Å². The van der Waals surface area contributed by atoms with E-state index in [0.29, 0.717) is 5.92 Å². The fourth-order valence-corrected chi connectivity index (χ4v) is 3.22. The maximum atomic E-state index is 12.8. The Balaban J connectivity index is 1.68.